The number of esters is 2. The molecule has 2 atom stereocenters. The summed E-state index contributed by atoms with van der Waals surface area (Å²) in [6.45, 7) is 4.66. The topological polar surface area (TPSA) is 111 Å². The second-order valence-electron chi connectivity index (χ2n) is 28.3. The molecule has 97 heavy (non-hydrogen) atoms. The van der Waals surface area contributed by atoms with Crippen molar-refractivity contribution in [2.45, 2.75) is 373 Å². The smallest absolute Gasteiger partial charge is 0.306 e. The number of carboxylic acids is 1. The van der Waals surface area contributed by atoms with Gasteiger partial charge in [0.1, 0.15) is 13.2 Å². The first kappa shape index (κ1) is 92.7. The number of ether oxygens (including phenoxy) is 4. The van der Waals surface area contributed by atoms with E-state index in [4.69, 9.17) is 18.9 Å². The van der Waals surface area contributed by atoms with Gasteiger partial charge in [-0.2, -0.15) is 0 Å². The van der Waals surface area contributed by atoms with Gasteiger partial charge in [-0.1, -0.05) is 360 Å². The molecule has 0 spiro atoms. The monoisotopic (exact) mass is 1350 g/mol. The molecule has 0 heterocycles. The number of nitrogens with zero attached hydrogens (tertiary/aromatic N) is 1. The van der Waals surface area contributed by atoms with E-state index >= 15 is 0 Å². The van der Waals surface area contributed by atoms with Crippen molar-refractivity contribution >= 4 is 17.9 Å². The van der Waals surface area contributed by atoms with Crippen LogP contribution < -0.4 is 5.11 Å². The first-order chi connectivity index (χ1) is 47.6. The number of allylic oxidation sites excluding steroid dienone is 20. The Labute approximate surface area is 599 Å². The third kappa shape index (κ3) is 78.9. The molecule has 558 valence electrons. The van der Waals surface area contributed by atoms with E-state index in [1.54, 1.807) is 0 Å². The summed E-state index contributed by atoms with van der Waals surface area (Å²) in [5, 5.41) is 11.9. The summed E-state index contributed by atoms with van der Waals surface area (Å²) < 4.78 is 22.9. The van der Waals surface area contributed by atoms with Crippen LogP contribution in [0, 0.1) is 0 Å². The number of carbonyl (C=O) groups is 3. The number of rotatable bonds is 75. The van der Waals surface area contributed by atoms with Gasteiger partial charge in [0, 0.05) is 12.8 Å². The van der Waals surface area contributed by atoms with Crippen molar-refractivity contribution in [1.82, 2.24) is 0 Å². The fourth-order valence-electron chi connectivity index (χ4n) is 11.5. The van der Waals surface area contributed by atoms with E-state index in [1.165, 1.54) is 231 Å². The van der Waals surface area contributed by atoms with Gasteiger partial charge in [-0.15, -0.1) is 0 Å². The third-order valence-electron chi connectivity index (χ3n) is 17.7. The summed E-state index contributed by atoms with van der Waals surface area (Å²) in [5.41, 5.74) is 0. The Balaban J connectivity index is 4.02. The number of likely N-dealkylation sites (N-methyl/N-ethyl adjacent to an activating group) is 1. The van der Waals surface area contributed by atoms with E-state index in [-0.39, 0.29) is 32.2 Å². The number of quaternary nitrogens is 1. The zero-order valence-corrected chi connectivity index (χ0v) is 63.9. The van der Waals surface area contributed by atoms with Crippen LogP contribution in [0.25, 0.3) is 0 Å². The molecule has 0 N–H and O–H groups in total. The van der Waals surface area contributed by atoms with Gasteiger partial charge in [-0.05, 0) is 109 Å². The molecule has 0 aromatic carbocycles. The van der Waals surface area contributed by atoms with Crippen molar-refractivity contribution in [1.29, 1.82) is 0 Å². The molecule has 0 aromatic rings. The highest BCUT2D eigenvalue weighted by Gasteiger charge is 2.22. The summed E-state index contributed by atoms with van der Waals surface area (Å²) in [6.07, 6.45) is 107. The molecule has 0 aromatic heterocycles. The van der Waals surface area contributed by atoms with Crippen molar-refractivity contribution in [2.24, 2.45) is 0 Å². The highest BCUT2D eigenvalue weighted by molar-refractivity contribution is 5.70. The van der Waals surface area contributed by atoms with Crippen molar-refractivity contribution in [3.8, 4) is 0 Å². The second kappa shape index (κ2) is 77.4. The quantitative estimate of drug-likeness (QED) is 0.0195. The number of hydrogen-bond donors (Lipinski definition) is 0. The van der Waals surface area contributed by atoms with Gasteiger partial charge >= 0.3 is 11.9 Å². The lowest BCUT2D eigenvalue weighted by Gasteiger charge is -2.26. The Hall–Kier alpha value is -4.31. The average molecular weight is 1350 g/mol. The molecule has 0 aliphatic rings. The number of carbonyl (C=O) groups excluding carboxylic acids is 3. The van der Waals surface area contributed by atoms with Crippen LogP contribution in [0.15, 0.2) is 122 Å². The molecular weight excluding hydrogens is 1200 g/mol. The SMILES string of the molecule is CC/C=C\C/C=C\C/C=C\C/C=C\C/C=C\C/C=C\C/C=C\C/C=C\CCCCCCCCCCCCCCCCCCC(=O)OC(COC(=O)CCCCCCCCCCCCCCCCCCCCC/C=C\C/C=C\CCCCCCC)COC(OCC[N+](C)(C)C)C(=O)[O-]. The maximum Gasteiger partial charge on any atom is 0.306 e. The lowest BCUT2D eigenvalue weighted by Crippen LogP contribution is -2.44. The van der Waals surface area contributed by atoms with Gasteiger partial charge in [0.2, 0.25) is 0 Å². The predicted octanol–water partition coefficient (Wildman–Crippen LogP) is 24.9. The van der Waals surface area contributed by atoms with Crippen LogP contribution in [-0.2, 0) is 33.3 Å². The Morgan fingerprint density at radius 2 is 0.588 bits per heavy atom. The minimum Gasteiger partial charge on any atom is -0.545 e. The number of hydrogen-bond acceptors (Lipinski definition) is 8. The Kier molecular flexibility index (Phi) is 74.0. The minimum absolute atomic E-state index is 0.146. The molecule has 9 nitrogen and oxygen atoms in total. The van der Waals surface area contributed by atoms with Gasteiger partial charge in [0.05, 0.1) is 40.3 Å². The molecular formula is C88H153NO8. The van der Waals surface area contributed by atoms with Crippen LogP contribution in [0.1, 0.15) is 361 Å². The summed E-state index contributed by atoms with van der Waals surface area (Å²) in [5.74, 6) is -2.27. The molecule has 0 bridgehead atoms. The van der Waals surface area contributed by atoms with Crippen molar-refractivity contribution in [3.63, 3.8) is 0 Å². The molecule has 0 aliphatic carbocycles. The summed E-state index contributed by atoms with van der Waals surface area (Å²) in [6, 6.07) is 0. The number of carboxylic acid groups (broad SMARTS) is 1. The molecule has 0 saturated carbocycles. The summed E-state index contributed by atoms with van der Waals surface area (Å²) in [4.78, 5) is 37.6. The summed E-state index contributed by atoms with van der Waals surface area (Å²) >= 11 is 0. The van der Waals surface area contributed by atoms with Crippen LogP contribution >= 0.6 is 0 Å². The first-order valence-electron chi connectivity index (χ1n) is 40.7. The zero-order valence-electron chi connectivity index (χ0n) is 63.9. The van der Waals surface area contributed by atoms with Crippen molar-refractivity contribution < 1.29 is 42.9 Å². The van der Waals surface area contributed by atoms with E-state index in [1.807, 2.05) is 21.1 Å². The van der Waals surface area contributed by atoms with Crippen LogP contribution in [0.5, 0.6) is 0 Å². The molecule has 0 radical (unpaired) electrons. The predicted molar refractivity (Wildman–Crippen MR) is 417 cm³/mol. The van der Waals surface area contributed by atoms with Crippen LogP contribution in [0.2, 0.25) is 0 Å². The first-order valence-corrected chi connectivity index (χ1v) is 40.7. The Bertz CT molecular complexity index is 2020. The van der Waals surface area contributed by atoms with E-state index < -0.39 is 24.3 Å². The maximum absolute atomic E-state index is 13.0. The Morgan fingerprint density at radius 1 is 0.320 bits per heavy atom. The molecule has 0 rings (SSSR count). The van der Waals surface area contributed by atoms with Crippen LogP contribution in [0.4, 0.5) is 0 Å². The van der Waals surface area contributed by atoms with Crippen molar-refractivity contribution in [3.05, 3.63) is 122 Å². The average Bonchev–Trinajstić information content (AvgIpc) is 3.27. The number of aliphatic carboxylic acids is 1. The van der Waals surface area contributed by atoms with Gasteiger partial charge in [-0.25, -0.2) is 0 Å². The highest BCUT2D eigenvalue weighted by Crippen LogP contribution is 2.19. The van der Waals surface area contributed by atoms with Crippen LogP contribution in [-0.4, -0.2) is 82.3 Å². The fraction of sp³-hybridized carbons (Fsp3) is 0.739. The largest absolute Gasteiger partial charge is 0.545 e. The highest BCUT2D eigenvalue weighted by atomic mass is 16.7. The molecule has 2 unspecified atom stereocenters. The molecule has 0 saturated heterocycles. The van der Waals surface area contributed by atoms with Gasteiger partial charge in [0.15, 0.2) is 12.4 Å². The van der Waals surface area contributed by atoms with E-state index in [0.29, 0.717) is 23.9 Å². The minimum atomic E-state index is -1.63. The number of unbranched alkanes of at least 4 members (excludes halogenated alkanes) is 40. The third-order valence-corrected chi connectivity index (χ3v) is 17.7. The van der Waals surface area contributed by atoms with Gasteiger partial charge in [-0.3, -0.25) is 9.59 Å². The second-order valence-corrected chi connectivity index (χ2v) is 28.3. The van der Waals surface area contributed by atoms with E-state index in [0.717, 1.165) is 96.3 Å². The lowest BCUT2D eigenvalue weighted by molar-refractivity contribution is -0.870. The van der Waals surface area contributed by atoms with Crippen molar-refractivity contribution in [2.75, 3.05) is 47.5 Å². The standard InChI is InChI=1S/C88H153NO8/c1-6-8-10-12-14-16-18-20-22-24-26-28-30-32-34-36-38-39-40-41-42-43-44-45-46-47-49-51-53-55-57-59-61-63-65-67-69-71-73-75-77-79-86(91)97-84(83-96-88(87(92)93)94-81-80-89(3,4)5)82-95-85(90)78-76-74-72-70-68-66-64-62-60-58-56-54-52-50-48-37-35-33-31-29-27-25-23-21-19-17-15-13-11-9-7-2/h8,10,14,16,19-22,25-28,32,34,38-39,41-42,44-45,84,88H,6-7,9,11-13,15,17-18,23-24,29-31,33,35-37,40,43,46-83H2,1-5H3/b10-8-,16-14-,21-19-,22-20-,27-25-,28-26-,34-32-,39-38-,42-41-,45-44-. The van der Waals surface area contributed by atoms with Crippen LogP contribution in [0.3, 0.4) is 0 Å². The molecule has 0 amide bonds. The lowest BCUT2D eigenvalue weighted by atomic mass is 10.0. The van der Waals surface area contributed by atoms with E-state index in [9.17, 15) is 19.5 Å². The summed E-state index contributed by atoms with van der Waals surface area (Å²) in [7, 11) is 5.94. The van der Waals surface area contributed by atoms with E-state index in [2.05, 4.69) is 135 Å². The zero-order chi connectivity index (χ0) is 70.4. The maximum atomic E-state index is 13.0. The molecule has 0 fully saturated rings. The van der Waals surface area contributed by atoms with Gasteiger partial charge in [0.25, 0.3) is 0 Å². The fourth-order valence-corrected chi connectivity index (χ4v) is 11.5. The Morgan fingerprint density at radius 3 is 0.876 bits per heavy atom. The molecule has 0 aliphatic heterocycles. The molecule has 9 heteroatoms. The normalized spacial score (nSPS) is 13.3. The van der Waals surface area contributed by atoms with Gasteiger partial charge < -0.3 is 33.3 Å².